The van der Waals surface area contributed by atoms with Crippen molar-refractivity contribution in [2.24, 2.45) is 0 Å². The summed E-state index contributed by atoms with van der Waals surface area (Å²) < 4.78 is 0. The van der Waals surface area contributed by atoms with E-state index in [4.69, 9.17) is 0 Å². The molecule has 0 aliphatic rings. The lowest BCUT2D eigenvalue weighted by atomic mass is 10.1. The van der Waals surface area contributed by atoms with Crippen LogP contribution >= 0.6 is 0 Å². The molecule has 2 nitrogen and oxygen atoms in total. The molecule has 0 heterocycles. The summed E-state index contributed by atoms with van der Waals surface area (Å²) in [7, 11) is 2.20. The fourth-order valence-corrected chi connectivity index (χ4v) is 0. The summed E-state index contributed by atoms with van der Waals surface area (Å²) in [5.74, 6) is 0. The fraction of sp³-hybridized carbons (Fsp3) is 1.00. The molecule has 0 fully saturated rings. The molecule has 0 aliphatic carbocycles. The second-order valence-electron chi connectivity index (χ2n) is 5.00. The molecule has 84 valence electrons. The molecule has 0 spiro atoms. The molecule has 0 aromatic carbocycles. The molecule has 13 heavy (non-hydrogen) atoms. The summed E-state index contributed by atoms with van der Waals surface area (Å²) >= 11 is 0. The predicted molar refractivity (Wildman–Crippen MR) is 77.0 cm³/mol. The third kappa shape index (κ3) is 32.5. The third-order valence-electron chi connectivity index (χ3n) is 1.50. The zero-order chi connectivity index (χ0) is 10.4. The summed E-state index contributed by atoms with van der Waals surface area (Å²) in [4.78, 5) is 6.49. The van der Waals surface area contributed by atoms with Crippen LogP contribution in [0.1, 0.15) is 41.5 Å². The largest absolute Gasteiger partial charge is 0.341 e. The highest BCUT2D eigenvalue weighted by atomic mass is 28.2. The Morgan fingerprint density at radius 1 is 0.692 bits per heavy atom. The van der Waals surface area contributed by atoms with Crippen molar-refractivity contribution in [1.82, 2.24) is 9.96 Å². The molecule has 0 atom stereocenters. The minimum absolute atomic E-state index is 0. The van der Waals surface area contributed by atoms with Gasteiger partial charge in [-0.05, 0) is 52.5 Å². The van der Waals surface area contributed by atoms with Gasteiger partial charge in [-0.25, -0.2) is 0 Å². The lowest BCUT2D eigenvalue weighted by Gasteiger charge is -2.15. The van der Waals surface area contributed by atoms with Gasteiger partial charge in [-0.3, -0.25) is 0 Å². The maximum absolute atomic E-state index is 3.24. The minimum atomic E-state index is 0. The third-order valence-corrected chi connectivity index (χ3v) is 4.50. The van der Waals surface area contributed by atoms with Crippen LogP contribution in [-0.2, 0) is 0 Å². The Morgan fingerprint density at radius 3 is 0.769 bits per heavy atom. The molecule has 0 rings (SSSR count). The van der Waals surface area contributed by atoms with Gasteiger partial charge in [0, 0.05) is 11.1 Å². The predicted octanol–water partition coefficient (Wildman–Crippen LogP) is -2.14. The first kappa shape index (κ1) is 19.2. The van der Waals surface area contributed by atoms with E-state index in [2.05, 4.69) is 51.5 Å². The Kier molecular flexibility index (Phi) is 11.7. The summed E-state index contributed by atoms with van der Waals surface area (Å²) in [5.41, 5.74) is 0.707. The van der Waals surface area contributed by atoms with E-state index in [0.29, 0.717) is 11.1 Å². The zero-order valence-corrected chi connectivity index (χ0v) is 14.0. The maximum atomic E-state index is 3.24. The number of rotatable bonds is 0. The second-order valence-corrected chi connectivity index (χ2v) is 6.00. The van der Waals surface area contributed by atoms with Crippen molar-refractivity contribution in [3.05, 3.63) is 0 Å². The molecule has 0 radical (unpaired) electrons. The average Bonchev–Trinajstić information content (AvgIpc) is 1.86. The highest BCUT2D eigenvalue weighted by Crippen LogP contribution is 1.94. The van der Waals surface area contributed by atoms with Crippen LogP contribution in [0.25, 0.3) is 0 Å². The van der Waals surface area contributed by atoms with Crippen molar-refractivity contribution >= 4 is 31.8 Å². The van der Waals surface area contributed by atoms with Gasteiger partial charge >= 0.3 is 0 Å². The SMILES string of the molecule is CC(C)(C)N[SiH3].CC(C)(C)N[SiH3].[SiH4]. The number of hydrogen-bond donors (Lipinski definition) is 2. The van der Waals surface area contributed by atoms with E-state index in [0.717, 1.165) is 20.8 Å². The van der Waals surface area contributed by atoms with E-state index in [-0.39, 0.29) is 11.0 Å². The molecule has 5 heteroatoms. The van der Waals surface area contributed by atoms with Crippen LogP contribution < -0.4 is 9.96 Å². The van der Waals surface area contributed by atoms with Crippen LogP contribution in [0.3, 0.4) is 0 Å². The quantitative estimate of drug-likeness (QED) is 0.471. The van der Waals surface area contributed by atoms with Crippen molar-refractivity contribution < 1.29 is 0 Å². The lowest BCUT2D eigenvalue weighted by molar-refractivity contribution is 0.527. The Hall–Kier alpha value is 0.571. The van der Waals surface area contributed by atoms with Crippen molar-refractivity contribution in [2.45, 2.75) is 52.6 Å². The van der Waals surface area contributed by atoms with E-state index in [9.17, 15) is 0 Å². The topological polar surface area (TPSA) is 24.1 Å². The van der Waals surface area contributed by atoms with Crippen molar-refractivity contribution in [3.63, 3.8) is 0 Å². The maximum Gasteiger partial charge on any atom is 0.0755 e. The summed E-state index contributed by atoms with van der Waals surface area (Å²) in [5, 5.41) is 0. The fourth-order valence-electron chi connectivity index (χ4n) is 0. The normalized spacial score (nSPS) is 11.5. The van der Waals surface area contributed by atoms with E-state index in [1.165, 1.54) is 0 Å². The lowest BCUT2D eigenvalue weighted by Crippen LogP contribution is -2.33. The highest BCUT2D eigenvalue weighted by molar-refractivity contribution is 6.05. The first-order valence-electron chi connectivity index (χ1n) is 4.50. The van der Waals surface area contributed by atoms with Gasteiger partial charge in [0.1, 0.15) is 0 Å². The first-order chi connectivity index (χ1) is 5.12. The van der Waals surface area contributed by atoms with E-state index < -0.39 is 0 Å². The monoisotopic (exact) mass is 238 g/mol. The molecule has 2 N–H and O–H groups in total. The molecule has 0 aromatic heterocycles. The van der Waals surface area contributed by atoms with Crippen molar-refractivity contribution in [1.29, 1.82) is 0 Å². The molecular weight excluding hydrogens is 208 g/mol. The van der Waals surface area contributed by atoms with Gasteiger partial charge in [-0.2, -0.15) is 0 Å². The van der Waals surface area contributed by atoms with Gasteiger partial charge in [0.25, 0.3) is 0 Å². The van der Waals surface area contributed by atoms with Crippen LogP contribution in [0.5, 0.6) is 0 Å². The van der Waals surface area contributed by atoms with Crippen LogP contribution in [0.15, 0.2) is 0 Å². The van der Waals surface area contributed by atoms with E-state index >= 15 is 0 Å². The van der Waals surface area contributed by atoms with Crippen LogP contribution in [0, 0.1) is 0 Å². The van der Waals surface area contributed by atoms with Gasteiger partial charge in [0.05, 0.1) is 20.8 Å². The molecule has 0 aliphatic heterocycles. The Bertz CT molecular complexity index is 90.9. The molecular formula is C8H30N2Si3. The van der Waals surface area contributed by atoms with Gasteiger partial charge in [-0.1, -0.05) is 0 Å². The molecule has 0 amide bonds. The minimum Gasteiger partial charge on any atom is -0.341 e. The molecule has 0 aromatic rings. The molecule has 0 unspecified atom stereocenters. The van der Waals surface area contributed by atoms with Crippen LogP contribution in [0.2, 0.25) is 0 Å². The Balaban J connectivity index is -0.000000143. The summed E-state index contributed by atoms with van der Waals surface area (Å²) in [6.07, 6.45) is 0. The highest BCUT2D eigenvalue weighted by Gasteiger charge is 2.02. The number of hydrogen-bond acceptors (Lipinski definition) is 2. The Morgan fingerprint density at radius 2 is 0.769 bits per heavy atom. The van der Waals surface area contributed by atoms with Crippen molar-refractivity contribution in [2.75, 3.05) is 0 Å². The standard InChI is InChI=1S/2C4H13NSi.H4Si/c2*1-4(2,3)5-6;/h2*5H,1-3,6H3;1H4. The average molecular weight is 239 g/mol. The van der Waals surface area contributed by atoms with Crippen LogP contribution in [-0.4, -0.2) is 42.9 Å². The smallest absolute Gasteiger partial charge is 0.0755 e. The van der Waals surface area contributed by atoms with Crippen molar-refractivity contribution in [3.8, 4) is 0 Å². The summed E-state index contributed by atoms with van der Waals surface area (Å²) in [6, 6.07) is 0. The first-order valence-corrected chi connectivity index (χ1v) is 6.50. The van der Waals surface area contributed by atoms with Gasteiger partial charge < -0.3 is 9.96 Å². The van der Waals surface area contributed by atoms with Gasteiger partial charge in [-0.15, -0.1) is 0 Å². The van der Waals surface area contributed by atoms with E-state index in [1.54, 1.807) is 0 Å². The molecule has 0 saturated heterocycles. The Labute approximate surface area is 94.7 Å². The van der Waals surface area contributed by atoms with Gasteiger partial charge in [0.15, 0.2) is 0 Å². The van der Waals surface area contributed by atoms with Crippen LogP contribution in [0.4, 0.5) is 0 Å². The summed E-state index contributed by atoms with van der Waals surface area (Å²) in [6.45, 7) is 13.0. The van der Waals surface area contributed by atoms with E-state index in [1.807, 2.05) is 0 Å². The number of nitrogens with one attached hydrogen (secondary N) is 2. The molecule has 0 bridgehead atoms. The second kappa shape index (κ2) is 7.93. The molecule has 0 saturated carbocycles. The van der Waals surface area contributed by atoms with Gasteiger partial charge in [0.2, 0.25) is 0 Å². The zero-order valence-electron chi connectivity index (χ0n) is 10.0.